The van der Waals surface area contributed by atoms with Crippen molar-refractivity contribution in [3.8, 4) is 17.2 Å². The summed E-state index contributed by atoms with van der Waals surface area (Å²) in [4.78, 5) is 17.1. The maximum absolute atomic E-state index is 12.9. The van der Waals surface area contributed by atoms with Crippen LogP contribution in [0.4, 0.5) is 0 Å². The van der Waals surface area contributed by atoms with Crippen LogP contribution >= 0.6 is 23.4 Å². The fourth-order valence-electron chi connectivity index (χ4n) is 3.98. The second kappa shape index (κ2) is 12.0. The molecule has 3 aromatic rings. The van der Waals surface area contributed by atoms with Gasteiger partial charge in [0.15, 0.2) is 17.3 Å². The summed E-state index contributed by atoms with van der Waals surface area (Å²) in [7, 11) is 0. The molecular weight excluding hydrogens is 548 g/mol. The number of ether oxygens (including phenoxy) is 3. The number of nitrogens with zero attached hydrogens (tertiary/aromatic N) is 3. The van der Waals surface area contributed by atoms with Gasteiger partial charge in [0.25, 0.3) is 5.91 Å². The number of hydrogen-bond acceptors (Lipinski definition) is 7. The normalized spacial score (nSPS) is 15.6. The molecule has 0 saturated carbocycles. The van der Waals surface area contributed by atoms with E-state index < -0.39 is 5.91 Å². The van der Waals surface area contributed by atoms with E-state index in [4.69, 9.17) is 31.2 Å². The molecule has 0 radical (unpaired) electrons. The van der Waals surface area contributed by atoms with Crippen molar-refractivity contribution in [2.75, 3.05) is 19.8 Å². The number of halogens is 1. The number of fused-ring (bicyclic) bond motifs is 1. The summed E-state index contributed by atoms with van der Waals surface area (Å²) in [6.45, 7) is 6.84. The number of carbonyl (C=O) groups is 1. The van der Waals surface area contributed by atoms with Crippen LogP contribution < -0.4 is 14.2 Å². The van der Waals surface area contributed by atoms with Crippen molar-refractivity contribution >= 4 is 51.4 Å². The van der Waals surface area contributed by atoms with Crippen molar-refractivity contribution in [3.63, 3.8) is 0 Å². The lowest BCUT2D eigenvalue weighted by Crippen LogP contribution is -2.35. The third kappa shape index (κ3) is 6.05. The smallest absolute Gasteiger partial charge is 0.283 e. The summed E-state index contributed by atoms with van der Waals surface area (Å²) in [5.74, 6) is 0.975. The fraction of sp³-hybridized carbons (Fsp3) is 0.200. The zero-order chi connectivity index (χ0) is 28.2. The summed E-state index contributed by atoms with van der Waals surface area (Å²) in [6, 6.07) is 19.0. The van der Waals surface area contributed by atoms with Gasteiger partial charge in [-0.3, -0.25) is 10.2 Å². The van der Waals surface area contributed by atoms with Crippen LogP contribution in [0.15, 0.2) is 76.3 Å². The number of benzene rings is 3. The molecule has 2 aliphatic heterocycles. The number of hydrogen-bond donors (Lipinski definition) is 1. The van der Waals surface area contributed by atoms with Crippen molar-refractivity contribution in [1.82, 2.24) is 5.01 Å². The molecule has 0 spiro atoms. The molecule has 5 rings (SSSR count). The number of aryl methyl sites for hydroxylation is 2. The molecule has 1 N–H and O–H groups in total. The average Bonchev–Trinajstić information content (AvgIpc) is 3.36. The minimum atomic E-state index is -0.522. The number of rotatable bonds is 9. The molecule has 0 unspecified atom stereocenters. The Hall–Kier alpha value is -4.08. The van der Waals surface area contributed by atoms with Gasteiger partial charge in [0.05, 0.1) is 17.2 Å². The quantitative estimate of drug-likeness (QED) is 0.232. The minimum absolute atomic E-state index is 0.0627. The SMILES string of the molecule is CCOc1cc(/C=C2\C(=N)N3N=C(c4ccc(C)cc4)SC3=NC2=O)cc(Cl)c1OCCOc1ccc(C)cc1. The van der Waals surface area contributed by atoms with Crippen LogP contribution in [0.2, 0.25) is 5.02 Å². The van der Waals surface area contributed by atoms with Gasteiger partial charge in [0, 0.05) is 5.56 Å². The largest absolute Gasteiger partial charge is 0.490 e. The van der Waals surface area contributed by atoms with Crippen molar-refractivity contribution in [1.29, 1.82) is 5.41 Å². The van der Waals surface area contributed by atoms with Crippen LogP contribution in [0.3, 0.4) is 0 Å². The summed E-state index contributed by atoms with van der Waals surface area (Å²) in [5.41, 5.74) is 3.84. The monoisotopic (exact) mass is 574 g/mol. The van der Waals surface area contributed by atoms with Gasteiger partial charge in [0.1, 0.15) is 24.0 Å². The third-order valence-electron chi connectivity index (χ3n) is 6.02. The first-order chi connectivity index (χ1) is 19.3. The number of aliphatic imine (C=N–C) groups is 1. The van der Waals surface area contributed by atoms with Gasteiger partial charge in [-0.05, 0) is 68.4 Å². The zero-order valence-corrected chi connectivity index (χ0v) is 23.8. The molecule has 2 aliphatic rings. The lowest BCUT2D eigenvalue weighted by atomic mass is 10.1. The highest BCUT2D eigenvalue weighted by atomic mass is 35.5. The third-order valence-corrected chi connectivity index (χ3v) is 7.25. The van der Waals surface area contributed by atoms with Gasteiger partial charge in [-0.15, -0.1) is 0 Å². The number of thioether (sulfide) groups is 1. The Bertz CT molecular complexity index is 1550. The van der Waals surface area contributed by atoms with E-state index >= 15 is 0 Å². The van der Waals surface area contributed by atoms with E-state index in [9.17, 15) is 4.79 Å². The Morgan fingerprint density at radius 3 is 2.35 bits per heavy atom. The highest BCUT2D eigenvalue weighted by Crippen LogP contribution is 2.38. The predicted molar refractivity (Wildman–Crippen MR) is 160 cm³/mol. The number of carbonyl (C=O) groups excluding carboxylic acids is 1. The second-order valence-electron chi connectivity index (χ2n) is 9.06. The van der Waals surface area contributed by atoms with Crippen LogP contribution in [-0.4, -0.2) is 46.8 Å². The molecule has 40 heavy (non-hydrogen) atoms. The average molecular weight is 575 g/mol. The molecule has 204 valence electrons. The van der Waals surface area contributed by atoms with Gasteiger partial charge in [-0.1, -0.05) is 59.1 Å². The Morgan fingerprint density at radius 1 is 0.975 bits per heavy atom. The summed E-state index contributed by atoms with van der Waals surface area (Å²) >= 11 is 7.84. The molecule has 0 atom stereocenters. The second-order valence-corrected chi connectivity index (χ2v) is 10.4. The van der Waals surface area contributed by atoms with Crippen LogP contribution in [-0.2, 0) is 4.79 Å². The number of hydrazone groups is 1. The highest BCUT2D eigenvalue weighted by Gasteiger charge is 2.36. The summed E-state index contributed by atoms with van der Waals surface area (Å²) in [6.07, 6.45) is 1.56. The lowest BCUT2D eigenvalue weighted by molar-refractivity contribution is -0.114. The van der Waals surface area contributed by atoms with Crippen molar-refractivity contribution in [2.45, 2.75) is 20.8 Å². The molecule has 8 nitrogen and oxygen atoms in total. The minimum Gasteiger partial charge on any atom is -0.490 e. The van der Waals surface area contributed by atoms with Crippen LogP contribution in [0.1, 0.15) is 29.2 Å². The van der Waals surface area contributed by atoms with Gasteiger partial charge < -0.3 is 14.2 Å². The van der Waals surface area contributed by atoms with E-state index in [-0.39, 0.29) is 18.0 Å². The maximum Gasteiger partial charge on any atom is 0.283 e. The van der Waals surface area contributed by atoms with E-state index in [2.05, 4.69) is 10.1 Å². The predicted octanol–water partition coefficient (Wildman–Crippen LogP) is 6.48. The molecule has 0 saturated heterocycles. The van der Waals surface area contributed by atoms with Crippen LogP contribution in [0, 0.1) is 19.3 Å². The van der Waals surface area contributed by atoms with E-state index in [0.29, 0.717) is 45.5 Å². The standard InChI is InChI=1S/C30H27ClN4O4S/c1-4-37-25-17-20(16-24(31)26(25)39-14-13-38-22-11-7-19(3)8-12-22)15-23-27(32)35-30(33-28(23)36)40-29(34-35)21-9-5-18(2)6-10-21/h5-12,15-17,32H,4,13-14H2,1-3H3/b23-15+,32-27?. The van der Waals surface area contributed by atoms with E-state index in [1.54, 1.807) is 18.2 Å². The van der Waals surface area contributed by atoms with Gasteiger partial charge in [-0.2, -0.15) is 15.1 Å². The van der Waals surface area contributed by atoms with Crippen molar-refractivity contribution < 1.29 is 19.0 Å². The molecule has 0 bridgehead atoms. The van der Waals surface area contributed by atoms with Gasteiger partial charge in [0.2, 0.25) is 5.17 Å². The molecule has 0 fully saturated rings. The first-order valence-electron chi connectivity index (χ1n) is 12.7. The van der Waals surface area contributed by atoms with Crippen molar-refractivity contribution in [2.24, 2.45) is 10.1 Å². The zero-order valence-electron chi connectivity index (χ0n) is 22.2. The molecule has 2 heterocycles. The first kappa shape index (κ1) is 27.5. The van der Waals surface area contributed by atoms with Crippen molar-refractivity contribution in [3.05, 3.63) is 93.5 Å². The topological polar surface area (TPSA) is 96.6 Å². The number of amidine groups is 2. The molecule has 10 heteroatoms. The number of nitrogens with one attached hydrogen (secondary N) is 1. The fourth-order valence-corrected chi connectivity index (χ4v) is 5.15. The van der Waals surface area contributed by atoms with Crippen LogP contribution in [0.5, 0.6) is 17.2 Å². The summed E-state index contributed by atoms with van der Waals surface area (Å²) in [5, 5.41) is 16.0. The Morgan fingerprint density at radius 2 is 1.65 bits per heavy atom. The number of amides is 1. The van der Waals surface area contributed by atoms with E-state index in [1.807, 2.05) is 69.3 Å². The molecule has 3 aromatic carbocycles. The molecule has 0 aliphatic carbocycles. The van der Waals surface area contributed by atoms with E-state index in [0.717, 1.165) is 22.4 Å². The van der Waals surface area contributed by atoms with E-state index in [1.165, 1.54) is 16.8 Å². The van der Waals surface area contributed by atoms with Gasteiger partial charge >= 0.3 is 0 Å². The molecular formula is C30H27ClN4O4S. The lowest BCUT2D eigenvalue weighted by Gasteiger charge is -2.20. The Balaban J connectivity index is 1.33. The Labute approximate surface area is 241 Å². The summed E-state index contributed by atoms with van der Waals surface area (Å²) < 4.78 is 17.4. The molecule has 0 aromatic heterocycles. The Kier molecular flexibility index (Phi) is 8.23. The maximum atomic E-state index is 12.9. The van der Waals surface area contributed by atoms with Gasteiger partial charge in [-0.25, -0.2) is 0 Å². The molecule has 1 amide bonds. The first-order valence-corrected chi connectivity index (χ1v) is 13.9. The highest BCUT2D eigenvalue weighted by molar-refractivity contribution is 8.27. The van der Waals surface area contributed by atoms with Crippen LogP contribution in [0.25, 0.3) is 6.08 Å².